The van der Waals surface area contributed by atoms with Gasteiger partial charge < -0.3 is 19.3 Å². The number of esters is 1. The van der Waals surface area contributed by atoms with Crippen molar-refractivity contribution in [1.82, 2.24) is 4.31 Å². The number of fused-ring (bicyclic) bond motifs is 1. The monoisotopic (exact) mass is 413 g/mol. The van der Waals surface area contributed by atoms with E-state index < -0.39 is 28.3 Å². The lowest BCUT2D eigenvalue weighted by Gasteiger charge is -2.43. The average Bonchev–Trinajstić information content (AvgIpc) is 2.65. The van der Waals surface area contributed by atoms with E-state index in [0.29, 0.717) is 18.4 Å². The smallest absolute Gasteiger partial charge is 0.308 e. The van der Waals surface area contributed by atoms with Gasteiger partial charge in [0.2, 0.25) is 10.0 Å². The number of β-amino-alcohol motifs (C(OH)–C–C–N with tert-alkyl or cyclic N) is 1. The lowest BCUT2D eigenvalue weighted by molar-refractivity contribution is -0.157. The van der Waals surface area contributed by atoms with Gasteiger partial charge in [-0.05, 0) is 31.4 Å². The second-order valence-corrected chi connectivity index (χ2v) is 9.11. The first-order chi connectivity index (χ1) is 13.3. The number of carbonyl (C=O) groups is 1. The topological polar surface area (TPSA) is 102 Å². The minimum atomic E-state index is -3.83. The molecule has 156 valence electrons. The van der Waals surface area contributed by atoms with Crippen molar-refractivity contribution >= 4 is 16.0 Å². The maximum atomic E-state index is 13.4. The van der Waals surface area contributed by atoms with Gasteiger partial charge in [0.1, 0.15) is 0 Å². The molecule has 0 spiro atoms. The fraction of sp³-hybridized carbons (Fsp3) is 0.632. The molecule has 2 fully saturated rings. The first kappa shape index (κ1) is 21.2. The number of aryl methyl sites for hydroxylation is 1. The summed E-state index contributed by atoms with van der Waals surface area (Å²) in [5.74, 6) is -0.366. The Kier molecular flexibility index (Phi) is 6.72. The highest BCUT2D eigenvalue weighted by Crippen LogP contribution is 2.32. The number of sulfonamides is 1. The second kappa shape index (κ2) is 8.87. The molecule has 2 heterocycles. The van der Waals surface area contributed by atoms with Crippen LogP contribution in [0.3, 0.4) is 0 Å². The molecular formula is C19H27NO7S. The van der Waals surface area contributed by atoms with Crippen LogP contribution in [0.1, 0.15) is 24.8 Å². The Labute approximate surface area is 165 Å². The fourth-order valence-corrected chi connectivity index (χ4v) is 5.76. The van der Waals surface area contributed by atoms with Crippen LogP contribution in [0.5, 0.6) is 0 Å². The number of methoxy groups -OCH3 is 1. The molecule has 1 aromatic carbocycles. The Morgan fingerprint density at radius 1 is 1.29 bits per heavy atom. The molecule has 4 atom stereocenters. The third-order valence-electron chi connectivity index (χ3n) is 5.24. The zero-order valence-electron chi connectivity index (χ0n) is 16.1. The quantitative estimate of drug-likeness (QED) is 0.730. The van der Waals surface area contributed by atoms with Gasteiger partial charge in [-0.15, -0.1) is 0 Å². The Morgan fingerprint density at radius 3 is 2.75 bits per heavy atom. The molecular weight excluding hydrogens is 386 g/mol. The van der Waals surface area contributed by atoms with Gasteiger partial charge in [-0.3, -0.25) is 4.79 Å². The Morgan fingerprint density at radius 2 is 2.04 bits per heavy atom. The van der Waals surface area contributed by atoms with Gasteiger partial charge in [0.25, 0.3) is 0 Å². The zero-order chi connectivity index (χ0) is 20.3. The summed E-state index contributed by atoms with van der Waals surface area (Å²) in [6.07, 6.45) is -0.640. The van der Waals surface area contributed by atoms with E-state index in [1.165, 1.54) is 11.4 Å². The summed E-state index contributed by atoms with van der Waals surface area (Å²) in [6, 6.07) is 6.32. The van der Waals surface area contributed by atoms with E-state index in [1.54, 1.807) is 31.2 Å². The normalized spacial score (nSPS) is 29.4. The van der Waals surface area contributed by atoms with Crippen LogP contribution in [0.25, 0.3) is 0 Å². The molecule has 0 radical (unpaired) electrons. The van der Waals surface area contributed by atoms with Crippen molar-refractivity contribution in [1.29, 1.82) is 0 Å². The van der Waals surface area contributed by atoms with Crippen LogP contribution < -0.4 is 0 Å². The molecule has 0 bridgehead atoms. The van der Waals surface area contributed by atoms with Crippen molar-refractivity contribution < 1.29 is 32.5 Å². The number of carbonyl (C=O) groups excluding carboxylic acids is 1. The third kappa shape index (κ3) is 4.55. The van der Waals surface area contributed by atoms with Crippen LogP contribution in [-0.2, 0) is 29.0 Å². The number of nitrogens with zero attached hydrogens (tertiary/aromatic N) is 1. The highest BCUT2D eigenvalue weighted by molar-refractivity contribution is 7.89. The highest BCUT2D eigenvalue weighted by Gasteiger charge is 2.43. The van der Waals surface area contributed by atoms with Gasteiger partial charge in [-0.2, -0.15) is 4.31 Å². The molecule has 0 saturated carbocycles. The maximum Gasteiger partial charge on any atom is 0.308 e. The molecule has 1 aromatic rings. The number of aliphatic hydroxyl groups is 1. The molecule has 3 rings (SSSR count). The van der Waals surface area contributed by atoms with Crippen LogP contribution in [0.15, 0.2) is 29.2 Å². The fourth-order valence-electron chi connectivity index (χ4n) is 3.81. The number of ether oxygens (including phenoxy) is 3. The summed E-state index contributed by atoms with van der Waals surface area (Å²) in [5.41, 5.74) is 0.646. The third-order valence-corrected chi connectivity index (χ3v) is 7.29. The van der Waals surface area contributed by atoms with E-state index >= 15 is 0 Å². The predicted molar refractivity (Wildman–Crippen MR) is 100 cm³/mol. The van der Waals surface area contributed by atoms with E-state index in [9.17, 15) is 18.3 Å². The Hall–Kier alpha value is -1.52. The summed E-state index contributed by atoms with van der Waals surface area (Å²) in [6.45, 7) is 1.85. The molecule has 0 aliphatic carbocycles. The first-order valence-corrected chi connectivity index (χ1v) is 10.8. The molecule has 9 heteroatoms. The van der Waals surface area contributed by atoms with E-state index in [1.807, 2.05) is 0 Å². The Bertz CT molecular complexity index is 797. The van der Waals surface area contributed by atoms with Gasteiger partial charge in [0.15, 0.2) is 0 Å². The summed E-state index contributed by atoms with van der Waals surface area (Å²) in [4.78, 5) is 11.8. The minimum Gasteiger partial charge on any atom is -0.469 e. The summed E-state index contributed by atoms with van der Waals surface area (Å²) in [7, 11) is -2.51. The largest absolute Gasteiger partial charge is 0.469 e. The Balaban J connectivity index is 1.88. The lowest BCUT2D eigenvalue weighted by atomic mass is 9.96. The summed E-state index contributed by atoms with van der Waals surface area (Å²) < 4.78 is 44.4. The molecule has 2 saturated heterocycles. The van der Waals surface area contributed by atoms with Crippen LogP contribution in [-0.4, -0.2) is 75.0 Å². The average molecular weight is 413 g/mol. The van der Waals surface area contributed by atoms with Crippen molar-refractivity contribution in [2.24, 2.45) is 0 Å². The van der Waals surface area contributed by atoms with Crippen LogP contribution >= 0.6 is 0 Å². The van der Waals surface area contributed by atoms with Gasteiger partial charge in [-0.1, -0.05) is 18.2 Å². The van der Waals surface area contributed by atoms with Gasteiger partial charge in [0, 0.05) is 6.54 Å². The van der Waals surface area contributed by atoms with E-state index in [4.69, 9.17) is 14.2 Å². The zero-order valence-corrected chi connectivity index (χ0v) is 16.9. The molecule has 1 N–H and O–H groups in total. The second-order valence-electron chi connectivity index (χ2n) is 7.25. The minimum absolute atomic E-state index is 0.0219. The van der Waals surface area contributed by atoms with Crippen molar-refractivity contribution in [3.8, 4) is 0 Å². The van der Waals surface area contributed by atoms with Crippen molar-refractivity contribution in [3.63, 3.8) is 0 Å². The predicted octanol–water partition coefficient (Wildman–Crippen LogP) is 0.856. The van der Waals surface area contributed by atoms with Crippen LogP contribution in [0.2, 0.25) is 0 Å². The molecule has 2 aliphatic rings. The first-order valence-electron chi connectivity index (χ1n) is 9.38. The SMILES string of the molecule is COC(=O)C[C@@H]1CC[C@H]2[C@@H](COC[C@H](O)CN2S(=O)(=O)c2ccccc2C)O1. The number of benzene rings is 1. The van der Waals surface area contributed by atoms with Crippen molar-refractivity contribution in [3.05, 3.63) is 29.8 Å². The van der Waals surface area contributed by atoms with Gasteiger partial charge >= 0.3 is 5.97 Å². The summed E-state index contributed by atoms with van der Waals surface area (Å²) >= 11 is 0. The van der Waals surface area contributed by atoms with E-state index in [0.717, 1.165) is 0 Å². The lowest BCUT2D eigenvalue weighted by Crippen LogP contribution is -2.57. The highest BCUT2D eigenvalue weighted by atomic mass is 32.2. The van der Waals surface area contributed by atoms with E-state index in [2.05, 4.69) is 0 Å². The van der Waals surface area contributed by atoms with Crippen molar-refractivity contribution in [2.45, 2.75) is 55.4 Å². The molecule has 28 heavy (non-hydrogen) atoms. The van der Waals surface area contributed by atoms with Crippen molar-refractivity contribution in [2.75, 3.05) is 26.9 Å². The van der Waals surface area contributed by atoms with Gasteiger partial charge in [-0.25, -0.2) is 8.42 Å². The summed E-state index contributed by atoms with van der Waals surface area (Å²) in [5, 5.41) is 10.2. The molecule has 2 aliphatic heterocycles. The molecule has 8 nitrogen and oxygen atoms in total. The van der Waals surface area contributed by atoms with E-state index in [-0.39, 0.29) is 43.1 Å². The number of rotatable bonds is 4. The number of aliphatic hydroxyl groups excluding tert-OH is 1. The number of hydrogen-bond acceptors (Lipinski definition) is 7. The van der Waals surface area contributed by atoms with Crippen LogP contribution in [0, 0.1) is 6.92 Å². The van der Waals surface area contributed by atoms with Gasteiger partial charge in [0.05, 0.1) is 56.0 Å². The molecule has 0 amide bonds. The molecule has 0 unspecified atom stereocenters. The molecule has 0 aromatic heterocycles. The number of hydrogen-bond donors (Lipinski definition) is 1. The standard InChI is InChI=1S/C19H27NO7S/c1-13-5-3-4-6-18(13)28(23,24)20-10-14(21)11-26-12-17-16(20)8-7-15(27-17)9-19(22)25-2/h3-6,14-17,21H,7-12H2,1-2H3/t14-,15+,16+,17-/m1/s1. The van der Waals surface area contributed by atoms with Crippen LogP contribution in [0.4, 0.5) is 0 Å². The maximum absolute atomic E-state index is 13.4.